The van der Waals surface area contributed by atoms with Crippen LogP contribution in [0, 0.1) is 10.1 Å². The Morgan fingerprint density at radius 2 is 2.14 bits per heavy atom. The van der Waals surface area contributed by atoms with E-state index in [-0.39, 0.29) is 16.6 Å². The number of tetrazole rings is 1. The summed E-state index contributed by atoms with van der Waals surface area (Å²) in [6, 6.07) is 3.98. The van der Waals surface area contributed by atoms with E-state index in [2.05, 4.69) is 15.5 Å². The zero-order valence-corrected chi connectivity index (χ0v) is 13.0. The van der Waals surface area contributed by atoms with Crippen molar-refractivity contribution in [1.29, 1.82) is 0 Å². The highest BCUT2D eigenvalue weighted by molar-refractivity contribution is 8.00. The largest absolute Gasteiger partial charge is 0.270 e. The lowest BCUT2D eigenvalue weighted by molar-refractivity contribution is -0.385. The summed E-state index contributed by atoms with van der Waals surface area (Å²) in [6.07, 6.45) is 2.98. The molecule has 1 aliphatic rings. The molecule has 1 aliphatic carbocycles. The molecule has 3 rings (SSSR count). The molecule has 0 amide bonds. The first kappa shape index (κ1) is 14.9. The number of hydrogen-bond acceptors (Lipinski definition) is 8. The van der Waals surface area contributed by atoms with Gasteiger partial charge in [-0.05, 0) is 41.1 Å². The highest BCUT2D eigenvalue weighted by Crippen LogP contribution is 2.39. The maximum atomic E-state index is 11.9. The van der Waals surface area contributed by atoms with Crippen molar-refractivity contribution in [1.82, 2.24) is 20.2 Å². The third-order valence-electron chi connectivity index (χ3n) is 3.09. The van der Waals surface area contributed by atoms with E-state index < -0.39 is 14.8 Å². The lowest BCUT2D eigenvalue weighted by atomic mass is 10.3. The number of rotatable bonds is 5. The van der Waals surface area contributed by atoms with Gasteiger partial charge >= 0.3 is 0 Å². The maximum absolute atomic E-state index is 11.9. The molecule has 9 nitrogen and oxygen atoms in total. The summed E-state index contributed by atoms with van der Waals surface area (Å²) in [5.41, 5.74) is -0.272. The van der Waals surface area contributed by atoms with Crippen molar-refractivity contribution in [3.63, 3.8) is 0 Å². The van der Waals surface area contributed by atoms with E-state index in [4.69, 9.17) is 0 Å². The zero-order chi connectivity index (χ0) is 15.9. The number of aromatic nitrogens is 4. The molecule has 1 saturated carbocycles. The van der Waals surface area contributed by atoms with Gasteiger partial charge in [0.25, 0.3) is 5.69 Å². The number of nitro groups is 1. The van der Waals surface area contributed by atoms with Crippen LogP contribution in [-0.2, 0) is 9.84 Å². The molecule has 1 aromatic heterocycles. The fourth-order valence-corrected chi connectivity index (χ4v) is 4.08. The molecule has 0 unspecified atom stereocenters. The van der Waals surface area contributed by atoms with Crippen molar-refractivity contribution in [3.05, 3.63) is 28.3 Å². The molecule has 1 fully saturated rings. The molecular formula is C11H11N5O4S2. The van der Waals surface area contributed by atoms with Crippen LogP contribution in [0.3, 0.4) is 0 Å². The molecule has 2 aromatic rings. The first-order chi connectivity index (χ1) is 10.4. The maximum Gasteiger partial charge on any atom is 0.270 e. The quantitative estimate of drug-likeness (QED) is 0.592. The van der Waals surface area contributed by atoms with E-state index in [9.17, 15) is 18.5 Å². The predicted molar refractivity (Wildman–Crippen MR) is 76.4 cm³/mol. The van der Waals surface area contributed by atoms with E-state index in [0.717, 1.165) is 36.9 Å². The molecule has 11 heteroatoms. The van der Waals surface area contributed by atoms with Crippen LogP contribution in [0.2, 0.25) is 0 Å². The van der Waals surface area contributed by atoms with Crippen molar-refractivity contribution in [2.75, 3.05) is 6.26 Å². The molecule has 116 valence electrons. The van der Waals surface area contributed by atoms with E-state index in [1.54, 1.807) is 4.68 Å². The highest BCUT2D eigenvalue weighted by atomic mass is 32.2. The minimum absolute atomic E-state index is 0.1000. The summed E-state index contributed by atoms with van der Waals surface area (Å²) >= 11 is 1.09. The van der Waals surface area contributed by atoms with Gasteiger partial charge < -0.3 is 0 Å². The van der Waals surface area contributed by atoms with Gasteiger partial charge in [-0.1, -0.05) is 0 Å². The Bertz CT molecular complexity index is 844. The molecule has 0 bridgehead atoms. The van der Waals surface area contributed by atoms with Crippen LogP contribution < -0.4 is 0 Å². The SMILES string of the molecule is CS(=O)(=O)c1cc([N+](=O)[O-])ccc1Sc1nnnn1C1CC1. The molecule has 22 heavy (non-hydrogen) atoms. The fraction of sp³-hybridized carbons (Fsp3) is 0.364. The van der Waals surface area contributed by atoms with Gasteiger partial charge in [-0.3, -0.25) is 10.1 Å². The first-order valence-corrected chi connectivity index (χ1v) is 9.01. The minimum atomic E-state index is -3.61. The van der Waals surface area contributed by atoms with E-state index in [1.807, 2.05) is 0 Å². The van der Waals surface area contributed by atoms with Crippen LogP contribution >= 0.6 is 11.8 Å². The Balaban J connectivity index is 2.02. The van der Waals surface area contributed by atoms with Gasteiger partial charge in [0.15, 0.2) is 9.84 Å². The number of benzene rings is 1. The topological polar surface area (TPSA) is 121 Å². The zero-order valence-electron chi connectivity index (χ0n) is 11.4. The molecular weight excluding hydrogens is 330 g/mol. The summed E-state index contributed by atoms with van der Waals surface area (Å²) in [5.74, 6) is 0. The average Bonchev–Trinajstić information content (AvgIpc) is 3.18. The van der Waals surface area contributed by atoms with Crippen LogP contribution in [0.25, 0.3) is 0 Å². The summed E-state index contributed by atoms with van der Waals surface area (Å²) in [5, 5.41) is 22.7. The molecule has 1 heterocycles. The second-order valence-electron chi connectivity index (χ2n) is 4.90. The molecule has 0 spiro atoms. The van der Waals surface area contributed by atoms with Gasteiger partial charge in [0.05, 0.1) is 15.9 Å². The summed E-state index contributed by atoms with van der Waals surface area (Å²) in [7, 11) is -3.61. The Kier molecular flexibility index (Phi) is 3.60. The minimum Gasteiger partial charge on any atom is -0.258 e. The lowest BCUT2D eigenvalue weighted by Gasteiger charge is -2.07. The second kappa shape index (κ2) is 5.32. The summed E-state index contributed by atoms with van der Waals surface area (Å²) < 4.78 is 25.4. The number of non-ortho nitro benzene ring substituents is 1. The Morgan fingerprint density at radius 1 is 1.41 bits per heavy atom. The van der Waals surface area contributed by atoms with Crippen molar-refractivity contribution >= 4 is 27.3 Å². The van der Waals surface area contributed by atoms with Crippen LogP contribution in [-0.4, -0.2) is 39.8 Å². The van der Waals surface area contributed by atoms with Gasteiger partial charge in [0.1, 0.15) is 0 Å². The molecule has 0 atom stereocenters. The van der Waals surface area contributed by atoms with Crippen molar-refractivity contribution in [3.8, 4) is 0 Å². The van der Waals surface area contributed by atoms with Crippen LogP contribution in [0.15, 0.2) is 33.1 Å². The first-order valence-electron chi connectivity index (χ1n) is 6.30. The molecule has 1 aromatic carbocycles. The van der Waals surface area contributed by atoms with Gasteiger partial charge in [-0.25, -0.2) is 13.1 Å². The van der Waals surface area contributed by atoms with E-state index in [1.165, 1.54) is 12.1 Å². The van der Waals surface area contributed by atoms with Crippen LogP contribution in [0.4, 0.5) is 5.69 Å². The molecule has 0 N–H and O–H groups in total. The van der Waals surface area contributed by atoms with Crippen molar-refractivity contribution < 1.29 is 13.3 Å². The number of hydrogen-bond donors (Lipinski definition) is 0. The van der Waals surface area contributed by atoms with E-state index >= 15 is 0 Å². The van der Waals surface area contributed by atoms with Crippen LogP contribution in [0.5, 0.6) is 0 Å². The standard InChI is InChI=1S/C11H11N5O4S2/c1-22(19,20)10-6-8(16(17)18)4-5-9(10)21-11-12-13-14-15(11)7-2-3-7/h4-7H,2-3H2,1H3. The van der Waals surface area contributed by atoms with E-state index in [0.29, 0.717) is 10.1 Å². The third-order valence-corrected chi connectivity index (χ3v) is 5.39. The Hall–Kier alpha value is -2.01. The van der Waals surface area contributed by atoms with Crippen molar-refractivity contribution in [2.24, 2.45) is 0 Å². The smallest absolute Gasteiger partial charge is 0.258 e. The lowest BCUT2D eigenvalue weighted by Crippen LogP contribution is -2.03. The number of nitro benzene ring substituents is 1. The number of nitrogens with zero attached hydrogens (tertiary/aromatic N) is 5. The van der Waals surface area contributed by atoms with Gasteiger partial charge in [0.2, 0.25) is 5.16 Å². The van der Waals surface area contributed by atoms with Gasteiger partial charge in [0, 0.05) is 23.3 Å². The summed E-state index contributed by atoms with van der Waals surface area (Å²) in [6.45, 7) is 0. The molecule has 0 radical (unpaired) electrons. The molecule has 0 saturated heterocycles. The van der Waals surface area contributed by atoms with Gasteiger partial charge in [-0.2, -0.15) is 0 Å². The summed E-state index contributed by atoms with van der Waals surface area (Å²) in [4.78, 5) is 10.5. The predicted octanol–water partition coefficient (Wildman–Crippen LogP) is 1.47. The van der Waals surface area contributed by atoms with Crippen molar-refractivity contribution in [2.45, 2.75) is 33.8 Å². The normalized spacial score (nSPS) is 15.0. The van der Waals surface area contributed by atoms with Crippen LogP contribution in [0.1, 0.15) is 18.9 Å². The third kappa shape index (κ3) is 2.95. The monoisotopic (exact) mass is 341 g/mol. The average molecular weight is 341 g/mol. The van der Waals surface area contributed by atoms with Gasteiger partial charge in [-0.15, -0.1) is 5.10 Å². The molecule has 0 aliphatic heterocycles. The Labute approximate surface area is 129 Å². The second-order valence-corrected chi connectivity index (χ2v) is 7.89. The number of sulfone groups is 1. The highest BCUT2D eigenvalue weighted by Gasteiger charge is 2.29. The fourth-order valence-electron chi connectivity index (χ4n) is 1.88. The Morgan fingerprint density at radius 3 is 2.73 bits per heavy atom.